The Morgan fingerprint density at radius 1 is 0.903 bits per heavy atom. The lowest BCUT2D eigenvalue weighted by molar-refractivity contribution is 0.0977. The van der Waals surface area contributed by atoms with Crippen molar-refractivity contribution in [2.45, 2.75) is 26.4 Å². The topological polar surface area (TPSA) is 59.6 Å². The minimum Gasteiger partial charge on any atom is -0.493 e. The number of ether oxygens (including phenoxy) is 2. The Balaban J connectivity index is 1.45. The molecule has 0 radical (unpaired) electrons. The lowest BCUT2D eigenvalue weighted by Gasteiger charge is -2.12. The summed E-state index contributed by atoms with van der Waals surface area (Å²) < 4.78 is 11.4. The largest absolute Gasteiger partial charge is 0.493 e. The molecule has 3 aromatic carbocycles. The Hall–Kier alpha value is -3.38. The van der Waals surface area contributed by atoms with Crippen LogP contribution in [0.15, 0.2) is 78.9 Å². The molecule has 160 valence electrons. The van der Waals surface area contributed by atoms with E-state index >= 15 is 0 Å². The molecule has 1 amide bonds. The Labute approximate surface area is 188 Å². The summed E-state index contributed by atoms with van der Waals surface area (Å²) in [5.41, 5.74) is 2.51. The maximum absolute atomic E-state index is 12.4. The molecule has 0 saturated heterocycles. The lowest BCUT2D eigenvalue weighted by Crippen LogP contribution is -2.34. The number of carbonyl (C=O) groups excluding carboxylic acids is 1. The summed E-state index contributed by atoms with van der Waals surface area (Å²) in [5, 5.41) is 5.92. The van der Waals surface area contributed by atoms with Gasteiger partial charge in [-0.25, -0.2) is 0 Å². The van der Waals surface area contributed by atoms with Crippen molar-refractivity contribution >= 4 is 28.9 Å². The summed E-state index contributed by atoms with van der Waals surface area (Å²) >= 11 is 5.25. The molecular weight excluding hydrogens is 408 g/mol. The third-order valence-corrected chi connectivity index (χ3v) is 4.53. The minimum absolute atomic E-state index is 0.0807. The quantitative estimate of drug-likeness (QED) is 0.476. The summed E-state index contributed by atoms with van der Waals surface area (Å²) in [7, 11) is 0. The fourth-order valence-corrected chi connectivity index (χ4v) is 3.07. The smallest absolute Gasteiger partial charge is 0.257 e. The summed E-state index contributed by atoms with van der Waals surface area (Å²) in [6.07, 6.45) is 0.929. The number of carbonyl (C=O) groups is 1. The molecule has 2 N–H and O–H groups in total. The first-order valence-corrected chi connectivity index (χ1v) is 10.6. The Morgan fingerprint density at radius 3 is 2.19 bits per heavy atom. The number of benzene rings is 3. The molecule has 0 saturated carbocycles. The summed E-state index contributed by atoms with van der Waals surface area (Å²) in [4.78, 5) is 12.4. The van der Waals surface area contributed by atoms with E-state index in [1.807, 2.05) is 56.3 Å². The predicted molar refractivity (Wildman–Crippen MR) is 128 cm³/mol. The van der Waals surface area contributed by atoms with E-state index in [-0.39, 0.29) is 17.1 Å². The van der Waals surface area contributed by atoms with Crippen LogP contribution in [0.5, 0.6) is 11.5 Å². The van der Waals surface area contributed by atoms with E-state index in [9.17, 15) is 4.79 Å². The molecule has 0 aliphatic heterocycles. The van der Waals surface area contributed by atoms with Gasteiger partial charge in [-0.2, -0.15) is 0 Å². The molecule has 0 spiro atoms. The van der Waals surface area contributed by atoms with Gasteiger partial charge in [0, 0.05) is 17.7 Å². The number of anilines is 1. The zero-order valence-corrected chi connectivity index (χ0v) is 18.4. The van der Waals surface area contributed by atoms with E-state index in [0.29, 0.717) is 12.2 Å². The van der Waals surface area contributed by atoms with Gasteiger partial charge >= 0.3 is 0 Å². The highest BCUT2D eigenvalue weighted by atomic mass is 32.1. The van der Waals surface area contributed by atoms with E-state index in [1.54, 1.807) is 24.3 Å². The van der Waals surface area contributed by atoms with Gasteiger partial charge in [0.1, 0.15) is 11.5 Å². The van der Waals surface area contributed by atoms with Gasteiger partial charge in [-0.3, -0.25) is 10.1 Å². The molecule has 6 heteroatoms. The molecule has 0 unspecified atom stereocenters. The fraction of sp³-hybridized carbons (Fsp3) is 0.200. The number of thiocarbonyl (C=S) groups is 1. The number of rotatable bonds is 8. The molecule has 0 aromatic heterocycles. The van der Waals surface area contributed by atoms with Crippen molar-refractivity contribution in [2.75, 3.05) is 11.9 Å². The third-order valence-electron chi connectivity index (χ3n) is 4.33. The van der Waals surface area contributed by atoms with Crippen LogP contribution in [0.2, 0.25) is 0 Å². The highest BCUT2D eigenvalue weighted by molar-refractivity contribution is 7.80. The molecular formula is C25H26N2O3S. The van der Waals surface area contributed by atoms with Crippen molar-refractivity contribution in [2.24, 2.45) is 0 Å². The Bertz CT molecular complexity index is 988. The first-order valence-electron chi connectivity index (χ1n) is 10.2. The first-order chi connectivity index (χ1) is 15.0. The van der Waals surface area contributed by atoms with Crippen LogP contribution in [0, 0.1) is 0 Å². The van der Waals surface area contributed by atoms with Crippen molar-refractivity contribution in [3.63, 3.8) is 0 Å². The van der Waals surface area contributed by atoms with Gasteiger partial charge in [0.15, 0.2) is 5.11 Å². The average molecular weight is 435 g/mol. The molecule has 0 aliphatic rings. The van der Waals surface area contributed by atoms with Gasteiger partial charge in [-0.15, -0.1) is 0 Å². The van der Waals surface area contributed by atoms with E-state index in [1.165, 1.54) is 5.56 Å². The number of hydrogen-bond donors (Lipinski definition) is 2. The maximum Gasteiger partial charge on any atom is 0.257 e. The zero-order chi connectivity index (χ0) is 22.1. The first kappa shape index (κ1) is 22.3. The second-order valence-corrected chi connectivity index (χ2v) is 7.62. The second-order valence-electron chi connectivity index (χ2n) is 7.21. The number of nitrogens with one attached hydrogen (secondary N) is 2. The highest BCUT2D eigenvalue weighted by Gasteiger charge is 2.09. The second kappa shape index (κ2) is 11.1. The number of hydrogen-bond acceptors (Lipinski definition) is 4. The predicted octanol–water partition coefficient (Wildman–Crippen LogP) is 5.22. The van der Waals surface area contributed by atoms with E-state index in [2.05, 4.69) is 22.8 Å². The zero-order valence-electron chi connectivity index (χ0n) is 17.6. The van der Waals surface area contributed by atoms with Gasteiger partial charge in [0.05, 0.1) is 12.7 Å². The van der Waals surface area contributed by atoms with Crippen LogP contribution in [0.3, 0.4) is 0 Å². The van der Waals surface area contributed by atoms with Gasteiger partial charge in [-0.05, 0) is 80.2 Å². The van der Waals surface area contributed by atoms with E-state index in [0.717, 1.165) is 23.6 Å². The highest BCUT2D eigenvalue weighted by Crippen LogP contribution is 2.17. The molecule has 0 heterocycles. The molecule has 0 aliphatic carbocycles. The van der Waals surface area contributed by atoms with E-state index in [4.69, 9.17) is 21.7 Å². The SMILES string of the molecule is CC(C)Oc1ccc(C(=O)NC(=S)Nc2ccc(OCCc3ccccc3)cc2)cc1. The van der Waals surface area contributed by atoms with Crippen molar-refractivity contribution in [1.82, 2.24) is 5.32 Å². The lowest BCUT2D eigenvalue weighted by atomic mass is 10.2. The summed E-state index contributed by atoms with van der Waals surface area (Å²) in [6, 6.07) is 24.6. The van der Waals surface area contributed by atoms with Crippen molar-refractivity contribution in [1.29, 1.82) is 0 Å². The van der Waals surface area contributed by atoms with Gasteiger partial charge in [0.25, 0.3) is 5.91 Å². The Morgan fingerprint density at radius 2 is 1.55 bits per heavy atom. The van der Waals surface area contributed by atoms with Crippen LogP contribution >= 0.6 is 12.2 Å². The van der Waals surface area contributed by atoms with Crippen LogP contribution in [0.1, 0.15) is 29.8 Å². The molecule has 31 heavy (non-hydrogen) atoms. The van der Waals surface area contributed by atoms with E-state index < -0.39 is 0 Å². The van der Waals surface area contributed by atoms with Crippen LogP contribution in [0.25, 0.3) is 0 Å². The van der Waals surface area contributed by atoms with Crippen LogP contribution in [-0.2, 0) is 6.42 Å². The molecule has 3 rings (SSSR count). The third kappa shape index (κ3) is 7.42. The molecule has 0 fully saturated rings. The van der Waals surface area contributed by atoms with Crippen LogP contribution in [0.4, 0.5) is 5.69 Å². The summed E-state index contributed by atoms with van der Waals surface area (Å²) in [5.74, 6) is 1.22. The van der Waals surface area contributed by atoms with Crippen molar-refractivity contribution in [3.05, 3.63) is 90.0 Å². The fourth-order valence-electron chi connectivity index (χ4n) is 2.86. The molecule has 3 aromatic rings. The van der Waals surface area contributed by atoms with Crippen molar-refractivity contribution < 1.29 is 14.3 Å². The van der Waals surface area contributed by atoms with Gasteiger partial charge in [0.2, 0.25) is 0 Å². The van der Waals surface area contributed by atoms with Crippen molar-refractivity contribution in [3.8, 4) is 11.5 Å². The molecule has 0 bridgehead atoms. The molecule has 5 nitrogen and oxygen atoms in total. The number of amides is 1. The van der Waals surface area contributed by atoms with Gasteiger partial charge in [-0.1, -0.05) is 30.3 Å². The van der Waals surface area contributed by atoms with Crippen LogP contribution < -0.4 is 20.1 Å². The average Bonchev–Trinajstić information content (AvgIpc) is 2.76. The monoisotopic (exact) mass is 434 g/mol. The van der Waals surface area contributed by atoms with Gasteiger partial charge < -0.3 is 14.8 Å². The maximum atomic E-state index is 12.4. The minimum atomic E-state index is -0.283. The molecule has 0 atom stereocenters. The summed E-state index contributed by atoms with van der Waals surface area (Å²) in [6.45, 7) is 4.51. The van der Waals surface area contributed by atoms with Crippen LogP contribution in [-0.4, -0.2) is 23.7 Å². The normalized spacial score (nSPS) is 10.4. The Kier molecular flexibility index (Phi) is 8.01. The standard InChI is InChI=1S/C25H26N2O3S/c1-18(2)30-23-12-8-20(9-13-23)24(28)27-25(31)26-21-10-14-22(15-11-21)29-17-16-19-6-4-3-5-7-19/h3-15,18H,16-17H2,1-2H3,(H2,26,27,28,31).